The minimum Gasteiger partial charge on any atom is -0.493 e. The van der Waals surface area contributed by atoms with E-state index >= 15 is 0 Å². The van der Waals surface area contributed by atoms with Gasteiger partial charge in [-0.2, -0.15) is 18.2 Å². The lowest BCUT2D eigenvalue weighted by atomic mass is 10.0. The van der Waals surface area contributed by atoms with Crippen molar-refractivity contribution in [3.63, 3.8) is 0 Å². The van der Waals surface area contributed by atoms with Crippen molar-refractivity contribution in [2.75, 3.05) is 11.9 Å². The third-order valence-corrected chi connectivity index (χ3v) is 3.84. The van der Waals surface area contributed by atoms with Gasteiger partial charge in [-0.25, -0.2) is 9.97 Å². The molecule has 0 saturated carbocycles. The smallest absolute Gasteiger partial charge is 0.471 e. The Hall–Kier alpha value is -3.17. The molecule has 0 unspecified atom stereocenters. The molecule has 2 aromatic heterocycles. The van der Waals surface area contributed by atoms with E-state index in [9.17, 15) is 13.2 Å². The number of anilines is 1. The first-order valence-corrected chi connectivity index (χ1v) is 7.72. The highest BCUT2D eigenvalue weighted by Gasteiger charge is 2.38. The van der Waals surface area contributed by atoms with Gasteiger partial charge in [0.25, 0.3) is 0 Å². The molecule has 0 amide bonds. The zero-order valence-corrected chi connectivity index (χ0v) is 13.2. The number of benzene rings is 1. The van der Waals surface area contributed by atoms with Gasteiger partial charge in [0.1, 0.15) is 5.75 Å². The number of alkyl halides is 3. The molecule has 10 heteroatoms. The summed E-state index contributed by atoms with van der Waals surface area (Å²) in [6.45, 7) is 0.565. The second kappa shape index (κ2) is 6.28. The summed E-state index contributed by atoms with van der Waals surface area (Å²) in [6, 6.07) is 7.64. The van der Waals surface area contributed by atoms with Gasteiger partial charge in [-0.05, 0) is 6.07 Å². The first kappa shape index (κ1) is 16.3. The normalized spacial score (nSPS) is 16.7. The van der Waals surface area contributed by atoms with Crippen molar-refractivity contribution in [3.05, 3.63) is 48.1 Å². The third kappa shape index (κ3) is 3.17. The molecule has 1 atom stereocenters. The Morgan fingerprint density at radius 1 is 1.15 bits per heavy atom. The summed E-state index contributed by atoms with van der Waals surface area (Å²) in [6.07, 6.45) is -1.27. The van der Waals surface area contributed by atoms with E-state index < -0.39 is 12.1 Å². The average molecular weight is 365 g/mol. The molecule has 1 aromatic carbocycles. The van der Waals surface area contributed by atoms with Crippen molar-refractivity contribution in [3.8, 4) is 17.1 Å². The highest BCUT2D eigenvalue weighted by Crippen LogP contribution is 2.33. The monoisotopic (exact) mass is 365 g/mol. The number of fused-ring (bicyclic) bond motifs is 1. The van der Waals surface area contributed by atoms with Gasteiger partial charge in [-0.3, -0.25) is 0 Å². The highest BCUT2D eigenvalue weighted by molar-refractivity contribution is 5.52. The number of halogens is 3. The number of rotatable bonds is 3. The minimum absolute atomic E-state index is 0. The van der Waals surface area contributed by atoms with Crippen LogP contribution in [-0.2, 0) is 6.18 Å². The predicted octanol–water partition coefficient (Wildman–Crippen LogP) is 3.73. The molecule has 26 heavy (non-hydrogen) atoms. The molecule has 136 valence electrons. The lowest BCUT2D eigenvalue weighted by Gasteiger charge is -2.26. The molecule has 1 aliphatic heterocycles. The van der Waals surface area contributed by atoms with E-state index in [2.05, 4.69) is 29.9 Å². The number of aromatic nitrogens is 4. The van der Waals surface area contributed by atoms with E-state index in [1.54, 1.807) is 0 Å². The fourth-order valence-electron chi connectivity index (χ4n) is 2.62. The molecule has 3 heterocycles. The maximum absolute atomic E-state index is 12.5. The van der Waals surface area contributed by atoms with Crippen molar-refractivity contribution < 1.29 is 23.9 Å². The molecule has 0 bridgehead atoms. The van der Waals surface area contributed by atoms with E-state index in [1.807, 2.05) is 24.3 Å². The summed E-state index contributed by atoms with van der Waals surface area (Å²) in [7, 11) is 0. The zero-order valence-electron chi connectivity index (χ0n) is 13.2. The quantitative estimate of drug-likeness (QED) is 0.757. The van der Waals surface area contributed by atoms with Gasteiger partial charge < -0.3 is 14.6 Å². The van der Waals surface area contributed by atoms with Crippen LogP contribution in [0.1, 0.15) is 25.3 Å². The van der Waals surface area contributed by atoms with Crippen LogP contribution in [0.15, 0.2) is 41.2 Å². The van der Waals surface area contributed by atoms with Gasteiger partial charge >= 0.3 is 12.1 Å². The maximum Gasteiger partial charge on any atom is 0.471 e. The van der Waals surface area contributed by atoms with Crippen LogP contribution in [-0.4, -0.2) is 26.7 Å². The Kier molecular flexibility index (Phi) is 3.94. The fourth-order valence-corrected chi connectivity index (χ4v) is 2.62. The molecule has 4 rings (SSSR count). The zero-order chi connectivity index (χ0) is 18.1. The molecular formula is C16H14F3N5O2. The molecule has 3 aromatic rings. The molecule has 0 saturated heterocycles. The third-order valence-electron chi connectivity index (χ3n) is 3.84. The lowest BCUT2D eigenvalue weighted by molar-refractivity contribution is -0.159. The summed E-state index contributed by atoms with van der Waals surface area (Å²) in [5, 5.41) is 6.50. The van der Waals surface area contributed by atoms with Crippen LogP contribution in [0.2, 0.25) is 0 Å². The van der Waals surface area contributed by atoms with Crippen molar-refractivity contribution in [2.24, 2.45) is 0 Å². The molecule has 0 aliphatic carbocycles. The molecule has 0 radical (unpaired) electrons. The minimum atomic E-state index is -4.69. The van der Waals surface area contributed by atoms with Gasteiger partial charge in [-0.15, -0.1) is 0 Å². The standard InChI is InChI=1S/C16H12F3N5O2.H2/c17-16(18,19)14-23-13(24-26-14)9-7-20-15(21-8-9)22-11-5-6-25-12-4-2-1-3-10(11)12;/h1-4,7-8,11H,5-6H2,(H,20,21,22);1H/t11-;/m1./s1. The van der Waals surface area contributed by atoms with Crippen molar-refractivity contribution in [1.82, 2.24) is 20.1 Å². The molecule has 7 nitrogen and oxygen atoms in total. The number of nitrogens with one attached hydrogen (secondary N) is 1. The van der Waals surface area contributed by atoms with Crippen LogP contribution in [0.5, 0.6) is 5.75 Å². The first-order valence-electron chi connectivity index (χ1n) is 7.72. The number of hydrogen-bond acceptors (Lipinski definition) is 7. The van der Waals surface area contributed by atoms with Crippen LogP contribution in [0.4, 0.5) is 19.1 Å². The van der Waals surface area contributed by atoms with E-state index in [1.165, 1.54) is 12.4 Å². The SMILES string of the molecule is FC(F)(F)c1nc(-c2cnc(N[C@@H]3CCOc4ccccc43)nc2)no1.[HH]. The summed E-state index contributed by atoms with van der Waals surface area (Å²) in [4.78, 5) is 11.6. The number of nitrogens with zero attached hydrogens (tertiary/aromatic N) is 4. The van der Waals surface area contributed by atoms with E-state index in [0.717, 1.165) is 17.7 Å². The molecule has 1 N–H and O–H groups in total. The highest BCUT2D eigenvalue weighted by atomic mass is 19.4. The second-order valence-electron chi connectivity index (χ2n) is 5.59. The molecular weight excluding hydrogens is 351 g/mol. The van der Waals surface area contributed by atoms with Gasteiger partial charge in [0.2, 0.25) is 11.8 Å². The molecule has 0 fully saturated rings. The van der Waals surface area contributed by atoms with E-state index in [0.29, 0.717) is 12.6 Å². The van der Waals surface area contributed by atoms with E-state index in [4.69, 9.17) is 4.74 Å². The number of ether oxygens (including phenoxy) is 1. The van der Waals surface area contributed by atoms with Crippen molar-refractivity contribution >= 4 is 5.95 Å². The summed E-state index contributed by atoms with van der Waals surface area (Å²) >= 11 is 0. The van der Waals surface area contributed by atoms with Gasteiger partial charge in [0.05, 0.1) is 18.2 Å². The van der Waals surface area contributed by atoms with Crippen LogP contribution in [0, 0.1) is 0 Å². The Morgan fingerprint density at radius 2 is 1.92 bits per heavy atom. The fraction of sp³-hybridized carbons (Fsp3) is 0.250. The summed E-state index contributed by atoms with van der Waals surface area (Å²) < 4.78 is 47.3. The largest absolute Gasteiger partial charge is 0.493 e. The van der Waals surface area contributed by atoms with Crippen molar-refractivity contribution in [2.45, 2.75) is 18.6 Å². The summed E-state index contributed by atoms with van der Waals surface area (Å²) in [5.74, 6) is -0.483. The Bertz CT molecular complexity index is 917. The number of hydrogen-bond donors (Lipinski definition) is 1. The topological polar surface area (TPSA) is 86.0 Å². The average Bonchev–Trinajstić information content (AvgIpc) is 3.13. The Balaban J connectivity index is 0.00000210. The van der Waals surface area contributed by atoms with Gasteiger partial charge in [0, 0.05) is 25.8 Å². The second-order valence-corrected chi connectivity index (χ2v) is 5.59. The van der Waals surface area contributed by atoms with Crippen molar-refractivity contribution in [1.29, 1.82) is 0 Å². The Morgan fingerprint density at radius 3 is 2.65 bits per heavy atom. The van der Waals surface area contributed by atoms with Gasteiger partial charge in [0.15, 0.2) is 0 Å². The summed E-state index contributed by atoms with van der Waals surface area (Å²) in [5.41, 5.74) is 1.22. The lowest BCUT2D eigenvalue weighted by Crippen LogP contribution is -2.21. The predicted molar refractivity (Wildman–Crippen MR) is 85.4 cm³/mol. The van der Waals surface area contributed by atoms with Crippen LogP contribution in [0.25, 0.3) is 11.4 Å². The number of para-hydroxylation sites is 1. The van der Waals surface area contributed by atoms with Crippen LogP contribution >= 0.6 is 0 Å². The molecule has 1 aliphatic rings. The maximum atomic E-state index is 12.5. The molecule has 0 spiro atoms. The first-order chi connectivity index (χ1) is 12.5. The van der Waals surface area contributed by atoms with Gasteiger partial charge in [-0.1, -0.05) is 23.4 Å². The van der Waals surface area contributed by atoms with Crippen LogP contribution in [0.3, 0.4) is 0 Å². The Labute approximate surface area is 146 Å². The van der Waals surface area contributed by atoms with Crippen LogP contribution < -0.4 is 10.1 Å². The van der Waals surface area contributed by atoms with E-state index in [-0.39, 0.29) is 18.9 Å².